The molecule has 0 amide bonds. The van der Waals surface area contributed by atoms with Crippen LogP contribution in [0.15, 0.2) is 0 Å². The first-order valence-corrected chi connectivity index (χ1v) is 8.93. The van der Waals surface area contributed by atoms with Crippen molar-refractivity contribution < 1.29 is 0 Å². The van der Waals surface area contributed by atoms with Gasteiger partial charge < -0.3 is 5.32 Å². The van der Waals surface area contributed by atoms with E-state index in [1.54, 1.807) is 38.5 Å². The summed E-state index contributed by atoms with van der Waals surface area (Å²) in [6, 6.07) is 0.845. The van der Waals surface area contributed by atoms with E-state index in [0.717, 1.165) is 41.0 Å². The van der Waals surface area contributed by atoms with Gasteiger partial charge in [-0.1, -0.05) is 13.8 Å². The molecule has 1 N–H and O–H groups in total. The zero-order chi connectivity index (χ0) is 13.0. The van der Waals surface area contributed by atoms with Gasteiger partial charge in [0.15, 0.2) is 0 Å². The van der Waals surface area contributed by atoms with E-state index in [-0.39, 0.29) is 0 Å². The monoisotopic (exact) mass is 261 g/mol. The van der Waals surface area contributed by atoms with Gasteiger partial charge >= 0.3 is 0 Å². The Labute approximate surface area is 118 Å². The van der Waals surface area contributed by atoms with Crippen molar-refractivity contribution in [1.29, 1.82) is 0 Å². The highest BCUT2D eigenvalue weighted by Gasteiger charge is 2.58. The largest absolute Gasteiger partial charge is 0.314 e. The number of rotatable bonds is 4. The van der Waals surface area contributed by atoms with Crippen LogP contribution in [-0.2, 0) is 0 Å². The van der Waals surface area contributed by atoms with E-state index in [2.05, 4.69) is 19.2 Å². The summed E-state index contributed by atoms with van der Waals surface area (Å²) in [5.74, 6) is 5.39. The van der Waals surface area contributed by atoms with Crippen LogP contribution < -0.4 is 5.32 Å². The summed E-state index contributed by atoms with van der Waals surface area (Å²) >= 11 is 0. The van der Waals surface area contributed by atoms with Gasteiger partial charge in [0.1, 0.15) is 0 Å². The first-order chi connectivity index (χ1) is 9.20. The molecule has 5 rings (SSSR count). The third-order valence-corrected chi connectivity index (χ3v) is 7.31. The van der Waals surface area contributed by atoms with E-state index in [1.807, 2.05) is 0 Å². The van der Waals surface area contributed by atoms with Crippen LogP contribution in [0.4, 0.5) is 0 Å². The summed E-state index contributed by atoms with van der Waals surface area (Å²) in [5.41, 5.74) is 0.804. The van der Waals surface area contributed by atoms with Crippen molar-refractivity contribution in [2.75, 3.05) is 6.54 Å². The lowest BCUT2D eigenvalue weighted by atomic mass is 9.42. The second-order valence-corrected chi connectivity index (χ2v) is 8.54. The fraction of sp³-hybridized carbons (Fsp3) is 1.00. The molecule has 4 bridgehead atoms. The van der Waals surface area contributed by atoms with Crippen LogP contribution >= 0.6 is 0 Å². The fourth-order valence-corrected chi connectivity index (χ4v) is 6.83. The van der Waals surface area contributed by atoms with Crippen LogP contribution in [0.2, 0.25) is 0 Å². The maximum Gasteiger partial charge on any atom is 0.00985 e. The second kappa shape index (κ2) is 4.48. The molecule has 3 atom stereocenters. The van der Waals surface area contributed by atoms with E-state index in [1.165, 1.54) is 19.4 Å². The van der Waals surface area contributed by atoms with Gasteiger partial charge in [0.2, 0.25) is 0 Å². The lowest BCUT2D eigenvalue weighted by molar-refractivity contribution is -0.133. The topological polar surface area (TPSA) is 12.0 Å². The quantitative estimate of drug-likeness (QED) is 0.798. The van der Waals surface area contributed by atoms with E-state index in [4.69, 9.17) is 0 Å². The average molecular weight is 261 g/mol. The number of hydrogen-bond acceptors (Lipinski definition) is 1. The Morgan fingerprint density at radius 1 is 0.947 bits per heavy atom. The molecule has 0 aromatic heterocycles. The molecule has 0 aromatic rings. The molecular formula is C18H31N. The second-order valence-electron chi connectivity index (χ2n) is 8.54. The van der Waals surface area contributed by atoms with Crippen molar-refractivity contribution in [2.45, 2.75) is 71.3 Å². The molecule has 0 spiro atoms. The Bertz CT molecular complexity index is 312. The Hall–Kier alpha value is -0.0400. The molecule has 0 aliphatic heterocycles. The molecule has 5 aliphatic carbocycles. The SMILES string of the molecule is CCCNC1CC(C23CC4CC(CC(C4)C2)C3)C1C. The summed E-state index contributed by atoms with van der Waals surface area (Å²) < 4.78 is 0. The van der Waals surface area contributed by atoms with Crippen LogP contribution in [0, 0.1) is 35.0 Å². The van der Waals surface area contributed by atoms with Gasteiger partial charge in [-0.3, -0.25) is 0 Å². The maximum atomic E-state index is 3.78. The van der Waals surface area contributed by atoms with Gasteiger partial charge in [-0.2, -0.15) is 0 Å². The van der Waals surface area contributed by atoms with Crippen molar-refractivity contribution in [1.82, 2.24) is 5.32 Å². The minimum atomic E-state index is 0.804. The van der Waals surface area contributed by atoms with E-state index >= 15 is 0 Å². The van der Waals surface area contributed by atoms with E-state index in [9.17, 15) is 0 Å². The highest BCUT2D eigenvalue weighted by Crippen LogP contribution is 2.66. The van der Waals surface area contributed by atoms with Gasteiger partial charge in [0.05, 0.1) is 0 Å². The molecule has 0 heterocycles. The zero-order valence-corrected chi connectivity index (χ0v) is 12.8. The zero-order valence-electron chi connectivity index (χ0n) is 12.8. The highest BCUT2D eigenvalue weighted by molar-refractivity contribution is 5.09. The standard InChI is InChI=1S/C18H31N/c1-3-4-19-17-8-16(12(17)2)18-9-13-5-14(10-18)7-15(6-13)11-18/h12-17,19H,3-11H2,1-2H3. The Balaban J connectivity index is 1.45. The first-order valence-electron chi connectivity index (χ1n) is 8.93. The lowest BCUT2D eigenvalue weighted by Crippen LogP contribution is -2.60. The molecule has 5 fully saturated rings. The third-order valence-electron chi connectivity index (χ3n) is 7.31. The van der Waals surface area contributed by atoms with Gasteiger partial charge in [0, 0.05) is 6.04 Å². The minimum Gasteiger partial charge on any atom is -0.314 e. The maximum absolute atomic E-state index is 3.78. The molecule has 19 heavy (non-hydrogen) atoms. The summed E-state index contributed by atoms with van der Waals surface area (Å²) in [5, 5.41) is 3.78. The molecule has 5 saturated carbocycles. The lowest BCUT2D eigenvalue weighted by Gasteiger charge is -2.64. The van der Waals surface area contributed by atoms with E-state index in [0.29, 0.717) is 0 Å². The summed E-state index contributed by atoms with van der Waals surface area (Å²) in [6.45, 7) is 6.05. The van der Waals surface area contributed by atoms with Gasteiger partial charge in [-0.25, -0.2) is 0 Å². The van der Waals surface area contributed by atoms with Crippen LogP contribution in [0.5, 0.6) is 0 Å². The summed E-state index contributed by atoms with van der Waals surface area (Å²) in [6.07, 6.45) is 12.4. The number of nitrogens with one attached hydrogen (secondary N) is 1. The molecule has 1 heteroatoms. The normalized spacial score (nSPS) is 55.3. The van der Waals surface area contributed by atoms with Crippen molar-refractivity contribution in [2.24, 2.45) is 35.0 Å². The summed E-state index contributed by atoms with van der Waals surface area (Å²) in [4.78, 5) is 0. The van der Waals surface area contributed by atoms with Crippen molar-refractivity contribution in [3.8, 4) is 0 Å². The molecule has 0 saturated heterocycles. The minimum absolute atomic E-state index is 0.804. The molecule has 3 unspecified atom stereocenters. The van der Waals surface area contributed by atoms with Crippen LogP contribution in [-0.4, -0.2) is 12.6 Å². The fourth-order valence-electron chi connectivity index (χ4n) is 6.83. The van der Waals surface area contributed by atoms with Crippen molar-refractivity contribution in [3.63, 3.8) is 0 Å². The predicted molar refractivity (Wildman–Crippen MR) is 80.0 cm³/mol. The molecular weight excluding hydrogens is 230 g/mol. The third kappa shape index (κ3) is 1.91. The average Bonchev–Trinajstić information content (AvgIpc) is 2.35. The molecule has 108 valence electrons. The van der Waals surface area contributed by atoms with Gasteiger partial charge in [-0.05, 0) is 92.9 Å². The Kier molecular flexibility index (Phi) is 2.99. The smallest absolute Gasteiger partial charge is 0.00985 e. The first kappa shape index (κ1) is 12.7. The predicted octanol–water partition coefficient (Wildman–Crippen LogP) is 4.23. The summed E-state index contributed by atoms with van der Waals surface area (Å²) in [7, 11) is 0. The van der Waals surface area contributed by atoms with Crippen LogP contribution in [0.25, 0.3) is 0 Å². The molecule has 0 radical (unpaired) electrons. The van der Waals surface area contributed by atoms with Gasteiger partial charge in [-0.15, -0.1) is 0 Å². The van der Waals surface area contributed by atoms with Gasteiger partial charge in [0.25, 0.3) is 0 Å². The van der Waals surface area contributed by atoms with Crippen LogP contribution in [0.3, 0.4) is 0 Å². The van der Waals surface area contributed by atoms with E-state index < -0.39 is 0 Å². The Morgan fingerprint density at radius 3 is 2.00 bits per heavy atom. The molecule has 1 nitrogen and oxygen atoms in total. The highest BCUT2D eigenvalue weighted by atomic mass is 14.9. The Morgan fingerprint density at radius 2 is 1.53 bits per heavy atom. The molecule has 5 aliphatic rings. The van der Waals surface area contributed by atoms with Crippen LogP contribution in [0.1, 0.15) is 65.2 Å². The van der Waals surface area contributed by atoms with Crippen molar-refractivity contribution >= 4 is 0 Å². The molecule has 0 aromatic carbocycles. The number of hydrogen-bond donors (Lipinski definition) is 1. The van der Waals surface area contributed by atoms with Crippen molar-refractivity contribution in [3.05, 3.63) is 0 Å².